The number of esters is 1. The van der Waals surface area contributed by atoms with E-state index in [1.54, 1.807) is 0 Å². The third kappa shape index (κ3) is 3.71. The summed E-state index contributed by atoms with van der Waals surface area (Å²) in [6.45, 7) is 1.53. The lowest BCUT2D eigenvalue weighted by Gasteiger charge is -2.14. The van der Waals surface area contributed by atoms with Crippen LogP contribution in [0.5, 0.6) is 5.75 Å². The van der Waals surface area contributed by atoms with Gasteiger partial charge in [-0.05, 0) is 19.1 Å². The summed E-state index contributed by atoms with van der Waals surface area (Å²) in [6.07, 6.45) is -0.477. The molecule has 0 unspecified atom stereocenters. The first kappa shape index (κ1) is 15.5. The normalized spacial score (nSPS) is 11.5. The minimum Gasteiger partial charge on any atom is -0.508 e. The number of carboxylic acid groups (broad SMARTS) is 1. The monoisotopic (exact) mass is 281 g/mol. The number of ether oxygens (including phenoxy) is 1. The Kier molecular flexibility index (Phi) is 5.08. The van der Waals surface area contributed by atoms with Gasteiger partial charge in [-0.3, -0.25) is 9.59 Å². The maximum atomic E-state index is 12.0. The molecule has 1 rings (SSSR count). The summed E-state index contributed by atoms with van der Waals surface area (Å²) < 4.78 is 4.37. The van der Waals surface area contributed by atoms with Gasteiger partial charge in [-0.25, -0.2) is 4.79 Å². The molecule has 0 aromatic heterocycles. The number of carbonyl (C=O) groups excluding carboxylic acids is 2. The highest BCUT2D eigenvalue weighted by Crippen LogP contribution is 2.19. The number of carboxylic acids is 1. The maximum Gasteiger partial charge on any atom is 0.326 e. The van der Waals surface area contributed by atoms with Crippen LogP contribution in [0.4, 0.5) is 0 Å². The zero-order valence-corrected chi connectivity index (χ0v) is 11.0. The van der Waals surface area contributed by atoms with Crippen LogP contribution < -0.4 is 5.32 Å². The fraction of sp³-hybridized carbons (Fsp3) is 0.308. The van der Waals surface area contributed by atoms with E-state index in [1.807, 2.05) is 0 Å². The van der Waals surface area contributed by atoms with Crippen LogP contribution in [-0.4, -0.2) is 41.2 Å². The van der Waals surface area contributed by atoms with Crippen molar-refractivity contribution in [2.45, 2.75) is 19.4 Å². The molecule has 0 saturated heterocycles. The highest BCUT2D eigenvalue weighted by atomic mass is 16.5. The highest BCUT2D eigenvalue weighted by molar-refractivity contribution is 5.99. The summed E-state index contributed by atoms with van der Waals surface area (Å²) >= 11 is 0. The zero-order chi connectivity index (χ0) is 15.3. The van der Waals surface area contributed by atoms with E-state index >= 15 is 0 Å². The number of rotatable bonds is 5. The Labute approximate surface area is 115 Å². The van der Waals surface area contributed by atoms with Gasteiger partial charge in [-0.15, -0.1) is 0 Å². The zero-order valence-electron chi connectivity index (χ0n) is 11.0. The third-order valence-electron chi connectivity index (χ3n) is 2.75. The second kappa shape index (κ2) is 6.55. The largest absolute Gasteiger partial charge is 0.508 e. The second-order valence-electron chi connectivity index (χ2n) is 4.09. The van der Waals surface area contributed by atoms with Gasteiger partial charge in [-0.2, -0.15) is 0 Å². The molecule has 20 heavy (non-hydrogen) atoms. The number of hydrogen-bond acceptors (Lipinski definition) is 5. The molecule has 7 nitrogen and oxygen atoms in total. The molecule has 0 aliphatic heterocycles. The number of nitrogens with one attached hydrogen (secondary N) is 1. The minimum atomic E-state index is -1.39. The standard InChI is InChI=1S/C13H15NO6/c1-7-8(4-3-5-10(7)15)12(17)14-9(13(18)19)6-11(16)20-2/h3-5,9,15H,6H2,1-2H3,(H,14,17)(H,18,19)/t9-/m0/s1. The van der Waals surface area contributed by atoms with Gasteiger partial charge in [0.1, 0.15) is 11.8 Å². The van der Waals surface area contributed by atoms with E-state index < -0.39 is 30.3 Å². The van der Waals surface area contributed by atoms with Crippen molar-refractivity contribution in [2.24, 2.45) is 0 Å². The van der Waals surface area contributed by atoms with E-state index in [0.29, 0.717) is 5.56 Å². The molecule has 0 radical (unpaired) electrons. The molecule has 1 atom stereocenters. The number of methoxy groups -OCH3 is 1. The number of carbonyl (C=O) groups is 3. The van der Waals surface area contributed by atoms with Crippen molar-refractivity contribution in [1.82, 2.24) is 5.32 Å². The lowest BCUT2D eigenvalue weighted by Crippen LogP contribution is -2.42. The molecule has 108 valence electrons. The van der Waals surface area contributed by atoms with E-state index in [2.05, 4.69) is 10.1 Å². The first-order valence-electron chi connectivity index (χ1n) is 5.76. The molecule has 1 amide bonds. The van der Waals surface area contributed by atoms with E-state index in [4.69, 9.17) is 5.11 Å². The van der Waals surface area contributed by atoms with E-state index in [-0.39, 0.29) is 11.3 Å². The number of aromatic hydroxyl groups is 1. The summed E-state index contributed by atoms with van der Waals surface area (Å²) in [5, 5.41) is 20.7. The summed E-state index contributed by atoms with van der Waals surface area (Å²) in [6, 6.07) is 2.93. The molecule has 7 heteroatoms. The van der Waals surface area contributed by atoms with Crippen LogP contribution in [0.2, 0.25) is 0 Å². The maximum absolute atomic E-state index is 12.0. The molecular weight excluding hydrogens is 266 g/mol. The van der Waals surface area contributed by atoms with Crippen molar-refractivity contribution in [1.29, 1.82) is 0 Å². The highest BCUT2D eigenvalue weighted by Gasteiger charge is 2.25. The minimum absolute atomic E-state index is 0.0718. The van der Waals surface area contributed by atoms with Crippen molar-refractivity contribution in [2.75, 3.05) is 7.11 Å². The number of phenolic OH excluding ortho intramolecular Hbond substituents is 1. The Morgan fingerprint density at radius 1 is 1.35 bits per heavy atom. The van der Waals surface area contributed by atoms with Gasteiger partial charge in [0, 0.05) is 11.1 Å². The van der Waals surface area contributed by atoms with Crippen LogP contribution in [0.3, 0.4) is 0 Å². The van der Waals surface area contributed by atoms with E-state index in [0.717, 1.165) is 7.11 Å². The van der Waals surface area contributed by atoms with Crippen LogP contribution in [-0.2, 0) is 14.3 Å². The van der Waals surface area contributed by atoms with Gasteiger partial charge in [-0.1, -0.05) is 6.07 Å². The van der Waals surface area contributed by atoms with Gasteiger partial charge in [0.2, 0.25) is 0 Å². The molecule has 0 spiro atoms. The smallest absolute Gasteiger partial charge is 0.326 e. The van der Waals surface area contributed by atoms with Crippen molar-refractivity contribution in [3.63, 3.8) is 0 Å². The quantitative estimate of drug-likeness (QED) is 0.675. The van der Waals surface area contributed by atoms with Crippen molar-refractivity contribution >= 4 is 17.8 Å². The van der Waals surface area contributed by atoms with Crippen LogP contribution in [0, 0.1) is 6.92 Å². The summed E-state index contributed by atoms with van der Waals surface area (Å²) in [5.74, 6) is -2.85. The van der Waals surface area contributed by atoms with Crippen molar-refractivity contribution < 1.29 is 29.3 Å². The first-order chi connectivity index (χ1) is 9.36. The van der Waals surface area contributed by atoms with Gasteiger partial charge in [0.25, 0.3) is 5.91 Å². The third-order valence-corrected chi connectivity index (χ3v) is 2.75. The van der Waals surface area contributed by atoms with Gasteiger partial charge >= 0.3 is 11.9 Å². The van der Waals surface area contributed by atoms with Crippen LogP contribution in [0.15, 0.2) is 18.2 Å². The predicted molar refractivity (Wildman–Crippen MR) is 68.4 cm³/mol. The predicted octanol–water partition coefficient (Wildman–Crippen LogP) is 0.447. The second-order valence-corrected chi connectivity index (χ2v) is 4.09. The lowest BCUT2D eigenvalue weighted by atomic mass is 10.1. The van der Waals surface area contributed by atoms with Gasteiger partial charge in [0.15, 0.2) is 0 Å². The summed E-state index contributed by atoms with van der Waals surface area (Å²) in [7, 11) is 1.13. The number of aliphatic carboxylic acids is 1. The Morgan fingerprint density at radius 3 is 2.55 bits per heavy atom. The van der Waals surface area contributed by atoms with Gasteiger partial charge < -0.3 is 20.3 Å². The topological polar surface area (TPSA) is 113 Å². The molecule has 0 bridgehead atoms. The SMILES string of the molecule is COC(=O)C[C@H](NC(=O)c1cccc(O)c1C)C(=O)O. The average molecular weight is 281 g/mol. The fourth-order valence-electron chi connectivity index (χ4n) is 1.56. The molecule has 1 aromatic rings. The average Bonchev–Trinajstić information content (AvgIpc) is 2.40. The fourth-order valence-corrected chi connectivity index (χ4v) is 1.56. The number of benzene rings is 1. The molecule has 0 saturated carbocycles. The van der Waals surface area contributed by atoms with E-state index in [9.17, 15) is 19.5 Å². The van der Waals surface area contributed by atoms with Gasteiger partial charge in [0.05, 0.1) is 13.5 Å². The Balaban J connectivity index is 2.88. The molecule has 0 aliphatic carbocycles. The van der Waals surface area contributed by atoms with Crippen molar-refractivity contribution in [3.8, 4) is 5.75 Å². The number of hydrogen-bond donors (Lipinski definition) is 3. The summed E-state index contributed by atoms with van der Waals surface area (Å²) in [5.41, 5.74) is 0.466. The lowest BCUT2D eigenvalue weighted by molar-refractivity contribution is -0.147. The van der Waals surface area contributed by atoms with E-state index in [1.165, 1.54) is 25.1 Å². The Morgan fingerprint density at radius 2 is 2.00 bits per heavy atom. The van der Waals surface area contributed by atoms with Crippen LogP contribution in [0.25, 0.3) is 0 Å². The molecule has 1 aromatic carbocycles. The molecular formula is C13H15NO6. The Bertz CT molecular complexity index is 540. The van der Waals surface area contributed by atoms with Crippen molar-refractivity contribution in [3.05, 3.63) is 29.3 Å². The van der Waals surface area contributed by atoms with Crippen LogP contribution >= 0.6 is 0 Å². The van der Waals surface area contributed by atoms with Crippen LogP contribution in [0.1, 0.15) is 22.3 Å². The Hall–Kier alpha value is -2.57. The number of amides is 1. The molecule has 0 aliphatic rings. The molecule has 0 heterocycles. The number of phenols is 1. The molecule has 0 fully saturated rings. The first-order valence-corrected chi connectivity index (χ1v) is 5.76. The molecule has 3 N–H and O–H groups in total. The summed E-state index contributed by atoms with van der Waals surface area (Å²) in [4.78, 5) is 34.1.